The van der Waals surface area contributed by atoms with Crippen molar-refractivity contribution in [1.82, 2.24) is 25.8 Å². The molecule has 3 N–H and O–H groups in total. The Labute approximate surface area is 466 Å². The number of benzene rings is 4. The lowest BCUT2D eigenvalue weighted by molar-refractivity contribution is -0.155. The van der Waals surface area contributed by atoms with Crippen molar-refractivity contribution >= 4 is 65.1 Å². The van der Waals surface area contributed by atoms with Gasteiger partial charge in [0.1, 0.15) is 23.3 Å². The maximum atomic E-state index is 13.1. The normalized spacial score (nSPS) is 17.1. The van der Waals surface area contributed by atoms with Gasteiger partial charge in [-0.3, -0.25) is 68.4 Å². The van der Waals surface area contributed by atoms with Gasteiger partial charge in [0, 0.05) is 31.4 Å². The number of nitrogens with zero attached hydrogens (tertiary/aromatic N) is 2. The number of fused-ring (bicyclic) bond motifs is 2. The van der Waals surface area contributed by atoms with Crippen LogP contribution in [0, 0.1) is 0 Å². The summed E-state index contributed by atoms with van der Waals surface area (Å²) in [6.07, 6.45) is 10.6. The monoisotopic (exact) mass is 1090 g/mol. The van der Waals surface area contributed by atoms with Crippen molar-refractivity contribution in [1.29, 1.82) is 0 Å². The molecule has 18 heteroatoms. The van der Waals surface area contributed by atoms with Gasteiger partial charge in [-0.05, 0) is 164 Å². The predicted molar refractivity (Wildman–Crippen MR) is 294 cm³/mol. The van der Waals surface area contributed by atoms with Gasteiger partial charge in [0.15, 0.2) is 0 Å². The summed E-state index contributed by atoms with van der Waals surface area (Å²) in [5.41, 5.74) is 4.98. The molecule has 4 aliphatic rings. The minimum absolute atomic E-state index is 0.0808. The molecule has 9 amide bonds. The maximum absolute atomic E-state index is 13.1. The SMILES string of the molecule is CC(C)(C)OC(=O)CCCCCCCCCNC(=O)c1ccc(CCc2ccc3c(c2)C(=O)N(C2CCC(=O)NC2=O)C3=O)cc1.CC(C)(C)OC(=O)c1ccc(CCc2ccc3c(c2)C(=O)N(C2CCC(=O)NC2=O)C3=O)cc1. The zero-order valence-electron chi connectivity index (χ0n) is 46.5. The molecule has 0 aromatic heterocycles. The standard InChI is InChI=1S/C36H45N3O7.C26H26N2O6/c1-36(2,3)46-31(41)11-9-7-5-4-6-8-10-22-37-32(42)26-17-14-24(15-18-26)12-13-25-16-19-27-28(23-25)35(45)39(34(27)44)29-20-21-30(40)38-33(29)43;1-26(2,3)34-25(33)17-9-6-15(7-10-17)4-5-16-8-11-18-19(14-16)24(32)28(23(18)31)20-12-13-21(29)27-22(20)30/h14-19,23,29H,4-13,20-22H2,1-3H3,(H,37,42)(H,38,40,43);6-11,14,20H,4-5,12-13H2,1-3H3,(H,27,29,30). The quantitative estimate of drug-likeness (QED) is 0.0433. The van der Waals surface area contributed by atoms with Crippen molar-refractivity contribution in [3.8, 4) is 0 Å². The highest BCUT2D eigenvalue weighted by molar-refractivity contribution is 6.24. The molecule has 0 spiro atoms. The van der Waals surface area contributed by atoms with Crippen LogP contribution in [0.2, 0.25) is 0 Å². The zero-order valence-corrected chi connectivity index (χ0v) is 46.5. The van der Waals surface area contributed by atoms with Gasteiger partial charge in [-0.1, -0.05) is 68.5 Å². The average molecular weight is 1090 g/mol. The second kappa shape index (κ2) is 26.2. The number of aryl methyl sites for hydroxylation is 4. The number of amides is 9. The van der Waals surface area contributed by atoms with Gasteiger partial charge in [-0.15, -0.1) is 0 Å². The van der Waals surface area contributed by atoms with Gasteiger partial charge in [0.05, 0.1) is 27.8 Å². The van der Waals surface area contributed by atoms with Crippen molar-refractivity contribution in [3.05, 3.63) is 141 Å². The highest BCUT2D eigenvalue weighted by atomic mass is 16.6. The van der Waals surface area contributed by atoms with Crippen molar-refractivity contribution in [2.24, 2.45) is 0 Å². The van der Waals surface area contributed by atoms with Crippen LogP contribution >= 0.6 is 0 Å². The lowest BCUT2D eigenvalue weighted by Gasteiger charge is -2.27. The number of piperidine rings is 2. The molecule has 18 nitrogen and oxygen atoms in total. The molecular weight excluding hydrogens is 1020 g/mol. The van der Waals surface area contributed by atoms with E-state index in [2.05, 4.69) is 16.0 Å². The van der Waals surface area contributed by atoms with E-state index in [9.17, 15) is 52.7 Å². The summed E-state index contributed by atoms with van der Waals surface area (Å²) >= 11 is 0. The number of hydrogen-bond donors (Lipinski definition) is 3. The first-order chi connectivity index (χ1) is 38.0. The van der Waals surface area contributed by atoms with Crippen molar-refractivity contribution < 1.29 is 62.2 Å². The molecule has 0 saturated carbocycles. The molecule has 4 aromatic rings. The Morgan fingerprint density at radius 3 is 1.31 bits per heavy atom. The Morgan fingerprint density at radius 2 is 0.875 bits per heavy atom. The summed E-state index contributed by atoms with van der Waals surface area (Å²) in [6.45, 7) is 11.7. The van der Waals surface area contributed by atoms with Crippen molar-refractivity contribution in [3.63, 3.8) is 0 Å². The molecule has 2 fully saturated rings. The third-order valence-electron chi connectivity index (χ3n) is 14.0. The van der Waals surface area contributed by atoms with Gasteiger partial charge < -0.3 is 14.8 Å². The highest BCUT2D eigenvalue weighted by Crippen LogP contribution is 2.31. The Hall–Kier alpha value is -8.15. The van der Waals surface area contributed by atoms with Crippen LogP contribution in [0.25, 0.3) is 0 Å². The minimum Gasteiger partial charge on any atom is -0.460 e. The Morgan fingerprint density at radius 1 is 0.487 bits per heavy atom. The van der Waals surface area contributed by atoms with E-state index in [4.69, 9.17) is 9.47 Å². The van der Waals surface area contributed by atoms with E-state index in [-0.39, 0.29) is 65.8 Å². The Bertz CT molecular complexity index is 3060. The number of carbonyl (C=O) groups excluding carboxylic acids is 11. The van der Waals surface area contributed by atoms with Gasteiger partial charge in [-0.25, -0.2) is 4.79 Å². The van der Waals surface area contributed by atoms with Crippen LogP contribution in [0.3, 0.4) is 0 Å². The van der Waals surface area contributed by atoms with Crippen molar-refractivity contribution in [2.75, 3.05) is 6.54 Å². The molecule has 0 aliphatic carbocycles. The number of unbranched alkanes of at least 4 members (excludes halogenated alkanes) is 6. The Kier molecular flexibility index (Phi) is 19.5. The van der Waals surface area contributed by atoms with E-state index in [0.717, 1.165) is 77.0 Å². The average Bonchev–Trinajstić information content (AvgIpc) is 4.04. The largest absolute Gasteiger partial charge is 0.460 e. The second-order valence-electron chi connectivity index (χ2n) is 22.6. The summed E-state index contributed by atoms with van der Waals surface area (Å²) in [5, 5.41) is 7.39. The van der Waals surface area contributed by atoms with Crippen LogP contribution in [0.1, 0.15) is 203 Å². The molecule has 4 aromatic carbocycles. The van der Waals surface area contributed by atoms with Crippen LogP contribution in [0.15, 0.2) is 84.9 Å². The summed E-state index contributed by atoms with van der Waals surface area (Å²) in [4.78, 5) is 138. The molecule has 2 unspecified atom stereocenters. The molecule has 2 atom stereocenters. The second-order valence-corrected chi connectivity index (χ2v) is 22.6. The lowest BCUT2D eigenvalue weighted by atomic mass is 9.99. The van der Waals surface area contributed by atoms with E-state index in [1.165, 1.54) is 0 Å². The summed E-state index contributed by atoms with van der Waals surface area (Å²) in [7, 11) is 0. The fourth-order valence-electron chi connectivity index (χ4n) is 9.87. The molecule has 4 heterocycles. The summed E-state index contributed by atoms with van der Waals surface area (Å²) in [6, 6.07) is 22.9. The van der Waals surface area contributed by atoms with Gasteiger partial charge in [0.2, 0.25) is 23.6 Å². The van der Waals surface area contributed by atoms with Gasteiger partial charge in [-0.2, -0.15) is 0 Å². The maximum Gasteiger partial charge on any atom is 0.338 e. The number of rotatable bonds is 20. The topological polar surface area (TPSA) is 249 Å². The molecule has 422 valence electrons. The first kappa shape index (κ1) is 59.5. The lowest BCUT2D eigenvalue weighted by Crippen LogP contribution is -2.54. The summed E-state index contributed by atoms with van der Waals surface area (Å²) in [5.74, 6) is -4.72. The number of carbonyl (C=O) groups is 11. The smallest absolute Gasteiger partial charge is 0.338 e. The van der Waals surface area contributed by atoms with Crippen LogP contribution < -0.4 is 16.0 Å². The molecule has 0 bridgehead atoms. The number of imide groups is 4. The zero-order chi connectivity index (χ0) is 57.9. The third-order valence-corrected chi connectivity index (χ3v) is 14.0. The molecule has 0 radical (unpaired) electrons. The third kappa shape index (κ3) is 15.8. The van der Waals surface area contributed by atoms with Crippen LogP contribution in [-0.4, -0.2) is 105 Å². The van der Waals surface area contributed by atoms with Crippen LogP contribution in [0.5, 0.6) is 0 Å². The van der Waals surface area contributed by atoms with E-state index in [0.29, 0.717) is 49.8 Å². The van der Waals surface area contributed by atoms with E-state index in [1.54, 1.807) is 42.5 Å². The predicted octanol–water partition coefficient (Wildman–Crippen LogP) is 7.89. The highest BCUT2D eigenvalue weighted by Gasteiger charge is 2.46. The first-order valence-corrected chi connectivity index (χ1v) is 27.6. The van der Waals surface area contributed by atoms with E-state index in [1.807, 2.05) is 84.0 Å². The number of ether oxygens (including phenoxy) is 2. The number of hydrogen-bond acceptors (Lipinski definition) is 13. The first-order valence-electron chi connectivity index (χ1n) is 27.6. The molecular formula is C62H71N5O13. The van der Waals surface area contributed by atoms with Gasteiger partial charge in [0.25, 0.3) is 29.5 Å². The fourth-order valence-corrected chi connectivity index (χ4v) is 9.87. The minimum atomic E-state index is -0.983. The number of nitrogens with one attached hydrogen (secondary N) is 3. The summed E-state index contributed by atoms with van der Waals surface area (Å²) < 4.78 is 10.7. The van der Waals surface area contributed by atoms with Gasteiger partial charge >= 0.3 is 11.9 Å². The fraction of sp³-hybridized carbons (Fsp3) is 0.435. The van der Waals surface area contributed by atoms with Crippen LogP contribution in [-0.2, 0) is 59.1 Å². The molecule has 80 heavy (non-hydrogen) atoms. The molecule has 8 rings (SSSR count). The molecule has 4 aliphatic heterocycles. The van der Waals surface area contributed by atoms with E-state index >= 15 is 0 Å². The molecule has 2 saturated heterocycles. The van der Waals surface area contributed by atoms with Crippen molar-refractivity contribution in [2.45, 2.75) is 168 Å². The Balaban J connectivity index is 0.000000241. The number of esters is 2. The van der Waals surface area contributed by atoms with E-state index < -0.39 is 70.5 Å². The van der Waals surface area contributed by atoms with Crippen LogP contribution in [0.4, 0.5) is 0 Å².